The number of rotatable bonds is 0. The van der Waals surface area contributed by atoms with Crippen molar-refractivity contribution < 1.29 is 9.53 Å². The molecule has 0 saturated carbocycles. The molecule has 3 rings (SSSR count). The maximum atomic E-state index is 11.6. The van der Waals surface area contributed by atoms with Crippen LogP contribution in [0.3, 0.4) is 0 Å². The average Bonchev–Trinajstić information content (AvgIpc) is 2.33. The number of nitrogens with one attached hydrogen (secondary N) is 1. The second-order valence-corrected chi connectivity index (χ2v) is 4.07. The maximum Gasteiger partial charge on any atom is 0.262 e. The number of benzene rings is 1. The molecule has 88 valence electrons. The molecule has 0 bridgehead atoms. The zero-order chi connectivity index (χ0) is 12.0. The summed E-state index contributed by atoms with van der Waals surface area (Å²) in [6.07, 6.45) is 0. The number of ether oxygens (including phenoxy) is 1. The summed E-state index contributed by atoms with van der Waals surface area (Å²) in [4.78, 5) is 13.5. The Morgan fingerprint density at radius 1 is 1.59 bits per heavy atom. The first kappa shape index (κ1) is 9.95. The zero-order valence-electron chi connectivity index (χ0n) is 9.30. The number of carbonyl (C=O) groups excluding carboxylic acids is 1. The number of amides is 1. The van der Waals surface area contributed by atoms with Crippen molar-refractivity contribution in [2.24, 2.45) is 5.10 Å². The lowest BCUT2D eigenvalue weighted by atomic mass is 10.1. The van der Waals surface area contributed by atoms with E-state index in [4.69, 9.17) is 10.5 Å². The van der Waals surface area contributed by atoms with Gasteiger partial charge in [0, 0.05) is 5.69 Å². The summed E-state index contributed by atoms with van der Waals surface area (Å²) in [5.41, 5.74) is 9.65. The molecule has 1 aromatic rings. The highest BCUT2D eigenvalue weighted by Crippen LogP contribution is 2.35. The fourth-order valence-corrected chi connectivity index (χ4v) is 2.04. The first-order valence-electron chi connectivity index (χ1n) is 5.35. The van der Waals surface area contributed by atoms with E-state index in [-0.39, 0.29) is 11.9 Å². The second kappa shape index (κ2) is 3.38. The van der Waals surface area contributed by atoms with Crippen LogP contribution in [0.4, 0.5) is 11.4 Å². The Hall–Kier alpha value is -2.24. The molecule has 1 aromatic carbocycles. The molecule has 6 heteroatoms. The third-order valence-corrected chi connectivity index (χ3v) is 2.94. The van der Waals surface area contributed by atoms with Gasteiger partial charge >= 0.3 is 0 Å². The van der Waals surface area contributed by atoms with Crippen molar-refractivity contribution in [2.75, 3.05) is 17.2 Å². The largest absolute Gasteiger partial charge is 0.483 e. The summed E-state index contributed by atoms with van der Waals surface area (Å²) in [6.45, 7) is 2.17. The zero-order valence-corrected chi connectivity index (χ0v) is 9.30. The third kappa shape index (κ3) is 1.41. The van der Waals surface area contributed by atoms with Crippen LogP contribution in [0.5, 0.6) is 5.75 Å². The molecule has 17 heavy (non-hydrogen) atoms. The number of nitrogens with two attached hydrogens (primary N) is 1. The minimum absolute atomic E-state index is 0.135. The molecule has 2 heterocycles. The van der Waals surface area contributed by atoms with Crippen LogP contribution >= 0.6 is 0 Å². The standard InChI is InChI=1S/C11H12N4O2/c1-6-11(16)14-13-10-5-17-9-3-2-7(12)4-8(9)15(6)10/h2-4,6H,5,12H2,1H3,(H,14,16)/t6-/m0/s1. The normalized spacial score (nSPS) is 21.9. The first-order chi connectivity index (χ1) is 8.16. The van der Waals surface area contributed by atoms with E-state index in [0.717, 1.165) is 11.4 Å². The van der Waals surface area contributed by atoms with E-state index in [0.29, 0.717) is 18.1 Å². The number of hydrogen-bond acceptors (Lipinski definition) is 5. The van der Waals surface area contributed by atoms with E-state index in [1.54, 1.807) is 18.2 Å². The third-order valence-electron chi connectivity index (χ3n) is 2.94. The summed E-state index contributed by atoms with van der Waals surface area (Å²) >= 11 is 0. The SMILES string of the molecule is C[C@H]1C(=O)NN=C2COc3ccc(N)cc3N21. The van der Waals surface area contributed by atoms with Crippen molar-refractivity contribution in [3.8, 4) is 5.75 Å². The van der Waals surface area contributed by atoms with Crippen LogP contribution in [0.2, 0.25) is 0 Å². The van der Waals surface area contributed by atoms with Crippen molar-refractivity contribution in [1.82, 2.24) is 5.43 Å². The summed E-state index contributed by atoms with van der Waals surface area (Å²) in [5.74, 6) is 1.28. The van der Waals surface area contributed by atoms with Gasteiger partial charge in [0.15, 0.2) is 5.84 Å². The minimum Gasteiger partial charge on any atom is -0.483 e. The van der Waals surface area contributed by atoms with Crippen LogP contribution < -0.4 is 20.8 Å². The van der Waals surface area contributed by atoms with Gasteiger partial charge in [-0.1, -0.05) is 0 Å². The predicted octanol–water partition coefficient (Wildman–Crippen LogP) is 0.299. The lowest BCUT2D eigenvalue weighted by molar-refractivity contribution is -0.122. The molecular formula is C11H12N4O2. The van der Waals surface area contributed by atoms with Crippen LogP contribution in [0.1, 0.15) is 6.92 Å². The van der Waals surface area contributed by atoms with Crippen molar-refractivity contribution >= 4 is 23.1 Å². The quantitative estimate of drug-likeness (QED) is 0.630. The Balaban J connectivity index is 2.14. The van der Waals surface area contributed by atoms with Gasteiger partial charge in [-0.25, -0.2) is 5.43 Å². The molecule has 0 aliphatic carbocycles. The number of fused-ring (bicyclic) bond motifs is 3. The van der Waals surface area contributed by atoms with Gasteiger partial charge in [0.1, 0.15) is 18.4 Å². The van der Waals surface area contributed by atoms with E-state index in [1.165, 1.54) is 0 Å². The number of anilines is 2. The van der Waals surface area contributed by atoms with Gasteiger partial charge in [-0.15, -0.1) is 0 Å². The predicted molar refractivity (Wildman–Crippen MR) is 63.9 cm³/mol. The lowest BCUT2D eigenvalue weighted by Gasteiger charge is -2.38. The van der Waals surface area contributed by atoms with Crippen LogP contribution in [-0.2, 0) is 4.79 Å². The molecule has 0 saturated heterocycles. The van der Waals surface area contributed by atoms with Crippen LogP contribution in [0, 0.1) is 0 Å². The number of nitrogen functional groups attached to an aromatic ring is 1. The van der Waals surface area contributed by atoms with Gasteiger partial charge in [-0.3, -0.25) is 4.79 Å². The van der Waals surface area contributed by atoms with E-state index in [9.17, 15) is 4.79 Å². The minimum atomic E-state index is -0.313. The van der Waals surface area contributed by atoms with E-state index in [1.807, 2.05) is 11.8 Å². The van der Waals surface area contributed by atoms with Gasteiger partial charge in [0.05, 0.1) is 5.69 Å². The molecule has 0 spiro atoms. The van der Waals surface area contributed by atoms with Crippen molar-refractivity contribution in [1.29, 1.82) is 0 Å². The number of hydrazone groups is 1. The summed E-state index contributed by atoms with van der Waals surface area (Å²) in [6, 6.07) is 5.06. The molecular weight excluding hydrogens is 220 g/mol. The Morgan fingerprint density at radius 2 is 2.41 bits per heavy atom. The average molecular weight is 232 g/mol. The van der Waals surface area contributed by atoms with Crippen LogP contribution in [-0.4, -0.2) is 24.4 Å². The Labute approximate surface area is 98.0 Å². The number of hydrogen-bond donors (Lipinski definition) is 2. The van der Waals surface area contributed by atoms with Crippen LogP contribution in [0.25, 0.3) is 0 Å². The van der Waals surface area contributed by atoms with Gasteiger partial charge in [-0.2, -0.15) is 5.10 Å². The van der Waals surface area contributed by atoms with Crippen molar-refractivity contribution in [3.05, 3.63) is 18.2 Å². The lowest BCUT2D eigenvalue weighted by Crippen LogP contribution is -2.55. The van der Waals surface area contributed by atoms with Crippen molar-refractivity contribution in [2.45, 2.75) is 13.0 Å². The molecule has 3 N–H and O–H groups in total. The molecule has 0 radical (unpaired) electrons. The Kier molecular flexibility index (Phi) is 1.98. The van der Waals surface area contributed by atoms with Gasteiger partial charge < -0.3 is 15.4 Å². The summed E-state index contributed by atoms with van der Waals surface area (Å²) in [7, 11) is 0. The van der Waals surface area contributed by atoms with Gasteiger partial charge in [-0.05, 0) is 25.1 Å². The number of nitrogens with zero attached hydrogens (tertiary/aromatic N) is 2. The smallest absolute Gasteiger partial charge is 0.262 e. The topological polar surface area (TPSA) is 79.9 Å². The van der Waals surface area contributed by atoms with Crippen LogP contribution in [0.15, 0.2) is 23.3 Å². The number of carbonyl (C=O) groups is 1. The number of amidine groups is 1. The maximum absolute atomic E-state index is 11.6. The van der Waals surface area contributed by atoms with Crippen molar-refractivity contribution in [3.63, 3.8) is 0 Å². The molecule has 0 unspecified atom stereocenters. The van der Waals surface area contributed by atoms with E-state index in [2.05, 4.69) is 10.5 Å². The molecule has 6 nitrogen and oxygen atoms in total. The molecule has 2 aliphatic heterocycles. The highest BCUT2D eigenvalue weighted by molar-refractivity contribution is 6.09. The molecule has 0 aromatic heterocycles. The first-order valence-corrected chi connectivity index (χ1v) is 5.35. The molecule has 0 fully saturated rings. The fourth-order valence-electron chi connectivity index (χ4n) is 2.04. The monoisotopic (exact) mass is 232 g/mol. The van der Waals surface area contributed by atoms with Gasteiger partial charge in [0.25, 0.3) is 5.91 Å². The molecule has 1 amide bonds. The van der Waals surface area contributed by atoms with E-state index < -0.39 is 0 Å². The Bertz CT molecular complexity index is 526. The molecule has 2 aliphatic rings. The summed E-state index contributed by atoms with van der Waals surface area (Å²) < 4.78 is 5.55. The van der Waals surface area contributed by atoms with E-state index >= 15 is 0 Å². The fraction of sp³-hybridized carbons (Fsp3) is 0.273. The Morgan fingerprint density at radius 3 is 3.24 bits per heavy atom. The molecule has 1 atom stereocenters. The second-order valence-electron chi connectivity index (χ2n) is 4.07. The highest BCUT2D eigenvalue weighted by Gasteiger charge is 2.34. The highest BCUT2D eigenvalue weighted by atomic mass is 16.5. The van der Waals surface area contributed by atoms with Gasteiger partial charge in [0.2, 0.25) is 0 Å². The summed E-state index contributed by atoms with van der Waals surface area (Å²) in [5, 5.41) is 3.99.